The quantitative estimate of drug-likeness (QED) is 0.847. The number of aromatic nitrogens is 1. The minimum atomic E-state index is -0.226. The van der Waals surface area contributed by atoms with Gasteiger partial charge in [-0.1, -0.05) is 30.4 Å². The third-order valence-corrected chi connectivity index (χ3v) is 2.86. The lowest BCUT2D eigenvalue weighted by Gasteiger charge is -2.06. The molecule has 0 fully saturated rings. The minimum Gasteiger partial charge on any atom is -0.393 e. The molecule has 0 bridgehead atoms. The summed E-state index contributed by atoms with van der Waals surface area (Å²) in [5.41, 5.74) is 8.43. The summed E-state index contributed by atoms with van der Waals surface area (Å²) in [6, 6.07) is 12.8. The molecule has 0 saturated heterocycles. The van der Waals surface area contributed by atoms with Gasteiger partial charge in [-0.25, -0.2) is 4.98 Å². The molecule has 0 atom stereocenters. The Hall–Kier alpha value is -2.27. The van der Waals surface area contributed by atoms with Crippen LogP contribution in [0.3, 0.4) is 0 Å². The van der Waals surface area contributed by atoms with E-state index in [1.165, 1.54) is 0 Å². The smallest absolute Gasteiger partial charge is 0.274 e. The highest BCUT2D eigenvalue weighted by atomic mass is 32.1. The molecular formula is C15H15N3OS. The normalized spacial score (nSPS) is 10.1. The highest BCUT2D eigenvalue weighted by molar-refractivity contribution is 7.80. The second-order valence-electron chi connectivity index (χ2n) is 4.46. The van der Waals surface area contributed by atoms with Gasteiger partial charge in [0.15, 0.2) is 0 Å². The van der Waals surface area contributed by atoms with Gasteiger partial charge in [0.1, 0.15) is 5.69 Å². The van der Waals surface area contributed by atoms with Crippen molar-refractivity contribution in [2.24, 2.45) is 5.73 Å². The predicted molar refractivity (Wildman–Crippen MR) is 83.9 cm³/mol. The van der Waals surface area contributed by atoms with Crippen molar-refractivity contribution in [3.8, 4) is 0 Å². The summed E-state index contributed by atoms with van der Waals surface area (Å²) in [7, 11) is 0. The van der Waals surface area contributed by atoms with Gasteiger partial charge >= 0.3 is 0 Å². The predicted octanol–water partition coefficient (Wildman–Crippen LogP) is 2.47. The van der Waals surface area contributed by atoms with Crippen LogP contribution in [-0.4, -0.2) is 15.9 Å². The Balaban J connectivity index is 2.06. The van der Waals surface area contributed by atoms with Crippen molar-refractivity contribution in [1.29, 1.82) is 0 Å². The van der Waals surface area contributed by atoms with Crippen molar-refractivity contribution in [2.45, 2.75) is 13.3 Å². The fraction of sp³-hybridized carbons (Fsp3) is 0.133. The van der Waals surface area contributed by atoms with Crippen LogP contribution in [0.2, 0.25) is 0 Å². The number of amides is 1. The number of carbonyl (C=O) groups is 1. The molecule has 0 unspecified atom stereocenters. The van der Waals surface area contributed by atoms with Crippen molar-refractivity contribution < 1.29 is 4.79 Å². The molecule has 0 aliphatic rings. The van der Waals surface area contributed by atoms with E-state index in [0.717, 1.165) is 11.3 Å². The zero-order chi connectivity index (χ0) is 14.5. The molecular weight excluding hydrogens is 270 g/mol. The van der Waals surface area contributed by atoms with Crippen LogP contribution in [0, 0.1) is 6.92 Å². The first-order valence-electron chi connectivity index (χ1n) is 6.17. The standard InChI is InChI=1S/C15H15N3OS/c1-10-3-2-4-13(17-10)15(19)18-12-7-5-11(6-8-12)9-14(16)20/h2-8H,9H2,1H3,(H2,16,20)(H,18,19). The van der Waals surface area contributed by atoms with Crippen LogP contribution in [0.5, 0.6) is 0 Å². The summed E-state index contributed by atoms with van der Waals surface area (Å²) in [4.78, 5) is 16.6. The maximum absolute atomic E-state index is 12.0. The van der Waals surface area contributed by atoms with Crippen molar-refractivity contribution in [3.63, 3.8) is 0 Å². The molecule has 0 saturated carbocycles. The zero-order valence-electron chi connectivity index (χ0n) is 11.1. The Morgan fingerprint density at radius 3 is 2.55 bits per heavy atom. The Kier molecular flexibility index (Phi) is 4.42. The molecule has 0 aliphatic carbocycles. The molecule has 1 aromatic carbocycles. The monoisotopic (exact) mass is 285 g/mol. The lowest BCUT2D eigenvalue weighted by Crippen LogP contribution is -2.14. The number of benzene rings is 1. The maximum atomic E-state index is 12.0. The summed E-state index contributed by atoms with van der Waals surface area (Å²) in [6.45, 7) is 1.85. The molecule has 0 aliphatic heterocycles. The molecule has 0 spiro atoms. The van der Waals surface area contributed by atoms with E-state index in [-0.39, 0.29) is 5.91 Å². The lowest BCUT2D eigenvalue weighted by atomic mass is 10.1. The number of rotatable bonds is 4. The van der Waals surface area contributed by atoms with Crippen LogP contribution < -0.4 is 11.1 Å². The van der Waals surface area contributed by atoms with E-state index >= 15 is 0 Å². The molecule has 2 rings (SSSR count). The number of hydrogen-bond acceptors (Lipinski definition) is 3. The molecule has 3 N–H and O–H groups in total. The van der Waals surface area contributed by atoms with Gasteiger partial charge in [-0.05, 0) is 36.8 Å². The number of aryl methyl sites for hydroxylation is 1. The molecule has 5 heteroatoms. The van der Waals surface area contributed by atoms with Gasteiger partial charge in [-0.15, -0.1) is 0 Å². The number of hydrogen-bond donors (Lipinski definition) is 2. The summed E-state index contributed by atoms with van der Waals surface area (Å²) < 4.78 is 0. The van der Waals surface area contributed by atoms with Gasteiger partial charge in [-0.2, -0.15) is 0 Å². The van der Waals surface area contributed by atoms with Gasteiger partial charge < -0.3 is 11.1 Å². The molecule has 20 heavy (non-hydrogen) atoms. The third kappa shape index (κ3) is 3.86. The van der Waals surface area contributed by atoms with Gasteiger partial charge in [0.2, 0.25) is 0 Å². The van der Waals surface area contributed by atoms with E-state index in [0.29, 0.717) is 22.8 Å². The van der Waals surface area contributed by atoms with Gasteiger partial charge in [0.25, 0.3) is 5.91 Å². The van der Waals surface area contributed by atoms with Gasteiger partial charge in [0, 0.05) is 17.8 Å². The third-order valence-electron chi connectivity index (χ3n) is 2.71. The average molecular weight is 285 g/mol. The van der Waals surface area contributed by atoms with Gasteiger partial charge in [-0.3, -0.25) is 4.79 Å². The molecule has 4 nitrogen and oxygen atoms in total. The summed E-state index contributed by atoms with van der Waals surface area (Å²) in [5.74, 6) is -0.226. The maximum Gasteiger partial charge on any atom is 0.274 e. The van der Waals surface area contributed by atoms with Crippen LogP contribution in [-0.2, 0) is 6.42 Å². The Morgan fingerprint density at radius 1 is 1.25 bits per heavy atom. The second kappa shape index (κ2) is 6.25. The number of carbonyl (C=O) groups excluding carboxylic acids is 1. The number of nitrogens with one attached hydrogen (secondary N) is 1. The van der Waals surface area contributed by atoms with E-state index in [1.54, 1.807) is 6.07 Å². The average Bonchev–Trinajstić information content (AvgIpc) is 2.40. The molecule has 0 radical (unpaired) electrons. The fourth-order valence-electron chi connectivity index (χ4n) is 1.77. The van der Waals surface area contributed by atoms with E-state index < -0.39 is 0 Å². The van der Waals surface area contributed by atoms with Crippen LogP contribution in [0.1, 0.15) is 21.7 Å². The van der Waals surface area contributed by atoms with Crippen molar-refractivity contribution in [3.05, 3.63) is 59.4 Å². The van der Waals surface area contributed by atoms with Crippen LogP contribution >= 0.6 is 12.2 Å². The number of nitrogens with two attached hydrogens (primary N) is 1. The van der Waals surface area contributed by atoms with Gasteiger partial charge in [0.05, 0.1) is 4.99 Å². The molecule has 102 valence electrons. The van der Waals surface area contributed by atoms with Crippen molar-refractivity contribution in [1.82, 2.24) is 4.98 Å². The van der Waals surface area contributed by atoms with Crippen LogP contribution in [0.4, 0.5) is 5.69 Å². The fourth-order valence-corrected chi connectivity index (χ4v) is 1.94. The highest BCUT2D eigenvalue weighted by Gasteiger charge is 2.07. The first kappa shape index (κ1) is 14.1. The number of thiocarbonyl (C=S) groups is 1. The largest absolute Gasteiger partial charge is 0.393 e. The van der Waals surface area contributed by atoms with E-state index in [2.05, 4.69) is 10.3 Å². The summed E-state index contributed by atoms with van der Waals surface area (Å²) in [5, 5.41) is 2.80. The number of nitrogens with zero attached hydrogens (tertiary/aromatic N) is 1. The van der Waals surface area contributed by atoms with Crippen LogP contribution in [0.15, 0.2) is 42.5 Å². The van der Waals surface area contributed by atoms with E-state index in [4.69, 9.17) is 18.0 Å². The van der Waals surface area contributed by atoms with E-state index in [1.807, 2.05) is 43.3 Å². The number of anilines is 1. The lowest BCUT2D eigenvalue weighted by molar-refractivity contribution is 0.102. The minimum absolute atomic E-state index is 0.226. The van der Waals surface area contributed by atoms with Crippen molar-refractivity contribution >= 4 is 28.8 Å². The first-order valence-corrected chi connectivity index (χ1v) is 6.57. The summed E-state index contributed by atoms with van der Waals surface area (Å²) >= 11 is 4.86. The topological polar surface area (TPSA) is 68.0 Å². The zero-order valence-corrected chi connectivity index (χ0v) is 11.9. The molecule has 1 amide bonds. The second-order valence-corrected chi connectivity index (χ2v) is 4.98. The molecule has 1 heterocycles. The highest BCUT2D eigenvalue weighted by Crippen LogP contribution is 2.11. The Morgan fingerprint density at radius 2 is 1.95 bits per heavy atom. The Labute approximate surface area is 123 Å². The van der Waals surface area contributed by atoms with E-state index in [9.17, 15) is 4.79 Å². The van der Waals surface area contributed by atoms with Crippen LogP contribution in [0.25, 0.3) is 0 Å². The number of pyridine rings is 1. The Bertz CT molecular complexity index is 638. The molecule has 1 aromatic heterocycles. The molecule has 2 aromatic rings. The SMILES string of the molecule is Cc1cccc(C(=O)Nc2ccc(CC(N)=S)cc2)n1. The van der Waals surface area contributed by atoms with Crippen molar-refractivity contribution in [2.75, 3.05) is 5.32 Å². The summed E-state index contributed by atoms with van der Waals surface area (Å²) in [6.07, 6.45) is 0.559. The first-order chi connectivity index (χ1) is 9.54.